The molecule has 1 aliphatic heterocycles. The molecule has 2 aromatic rings. The summed E-state index contributed by atoms with van der Waals surface area (Å²) in [7, 11) is 0. The number of hydrogen-bond donors (Lipinski definition) is 1. The van der Waals surface area contributed by atoms with E-state index in [1.165, 1.54) is 17.0 Å². The molecule has 0 unspecified atom stereocenters. The summed E-state index contributed by atoms with van der Waals surface area (Å²) in [6.07, 6.45) is 0.975. The number of benzene rings is 2. The van der Waals surface area contributed by atoms with Crippen LogP contribution in [0, 0.1) is 11.7 Å². The number of nitrogens with one attached hydrogen (secondary N) is 1. The van der Waals surface area contributed by atoms with Crippen molar-refractivity contribution in [3.63, 3.8) is 0 Å². The van der Waals surface area contributed by atoms with Crippen LogP contribution in [0.2, 0.25) is 0 Å². The Morgan fingerprint density at radius 2 is 2.00 bits per heavy atom. The van der Waals surface area contributed by atoms with Gasteiger partial charge in [0.15, 0.2) is 0 Å². The van der Waals surface area contributed by atoms with Gasteiger partial charge in [-0.15, -0.1) is 11.8 Å². The molecule has 0 aliphatic carbocycles. The Labute approximate surface area is 159 Å². The fourth-order valence-electron chi connectivity index (χ4n) is 2.96. The number of rotatable bonds is 6. The Morgan fingerprint density at radius 3 is 2.73 bits per heavy atom. The third-order valence-electron chi connectivity index (χ3n) is 4.47. The van der Waals surface area contributed by atoms with E-state index in [0.717, 1.165) is 30.0 Å². The van der Waals surface area contributed by atoms with E-state index < -0.39 is 0 Å². The summed E-state index contributed by atoms with van der Waals surface area (Å²) in [4.78, 5) is 15.9. The van der Waals surface area contributed by atoms with Crippen LogP contribution in [0.1, 0.15) is 36.2 Å². The van der Waals surface area contributed by atoms with Gasteiger partial charge >= 0.3 is 0 Å². The van der Waals surface area contributed by atoms with E-state index in [0.29, 0.717) is 24.6 Å². The first kappa shape index (κ1) is 18.8. The molecule has 1 amide bonds. The van der Waals surface area contributed by atoms with Crippen molar-refractivity contribution in [1.29, 1.82) is 0 Å². The molecule has 2 aromatic carbocycles. The van der Waals surface area contributed by atoms with Crippen LogP contribution < -0.4 is 10.2 Å². The number of fused-ring (bicyclic) bond motifs is 1. The zero-order chi connectivity index (χ0) is 18.5. The maximum Gasteiger partial charge on any atom is 0.251 e. The second-order valence-corrected chi connectivity index (χ2v) is 8.15. The molecule has 26 heavy (non-hydrogen) atoms. The SMILES string of the molecule is CC(C)CCNC(=O)c1ccc2c(c1)N(Cc1ccc(F)cc1)CCS2. The van der Waals surface area contributed by atoms with E-state index in [4.69, 9.17) is 0 Å². The molecule has 0 bridgehead atoms. The highest BCUT2D eigenvalue weighted by Gasteiger charge is 2.19. The van der Waals surface area contributed by atoms with Crippen LogP contribution in [0.15, 0.2) is 47.4 Å². The third kappa shape index (κ3) is 4.79. The van der Waals surface area contributed by atoms with Crippen LogP contribution in [-0.4, -0.2) is 24.7 Å². The minimum atomic E-state index is -0.219. The van der Waals surface area contributed by atoms with Crippen molar-refractivity contribution in [2.24, 2.45) is 5.92 Å². The van der Waals surface area contributed by atoms with E-state index in [-0.39, 0.29) is 11.7 Å². The van der Waals surface area contributed by atoms with Gasteiger partial charge in [-0.1, -0.05) is 26.0 Å². The number of halogens is 1. The Bertz CT molecular complexity index is 761. The maximum atomic E-state index is 13.1. The normalized spacial score (nSPS) is 13.6. The number of anilines is 1. The molecule has 3 nitrogen and oxygen atoms in total. The minimum Gasteiger partial charge on any atom is -0.365 e. The first-order valence-electron chi connectivity index (χ1n) is 9.07. The fraction of sp³-hybridized carbons (Fsp3) is 0.381. The Kier molecular flexibility index (Phi) is 6.20. The number of amides is 1. The largest absolute Gasteiger partial charge is 0.365 e. The van der Waals surface area contributed by atoms with E-state index in [2.05, 4.69) is 24.1 Å². The van der Waals surface area contributed by atoms with Crippen molar-refractivity contribution in [1.82, 2.24) is 5.32 Å². The van der Waals surface area contributed by atoms with Gasteiger partial charge in [0, 0.05) is 35.8 Å². The molecular weight excluding hydrogens is 347 g/mol. The molecule has 1 N–H and O–H groups in total. The van der Waals surface area contributed by atoms with Gasteiger partial charge in [-0.05, 0) is 48.2 Å². The van der Waals surface area contributed by atoms with Crippen molar-refractivity contribution in [2.45, 2.75) is 31.7 Å². The topological polar surface area (TPSA) is 32.3 Å². The lowest BCUT2D eigenvalue weighted by Crippen LogP contribution is -2.30. The van der Waals surface area contributed by atoms with Crippen LogP contribution in [0.5, 0.6) is 0 Å². The number of hydrogen-bond acceptors (Lipinski definition) is 3. The highest BCUT2D eigenvalue weighted by Crippen LogP contribution is 2.36. The molecule has 1 heterocycles. The lowest BCUT2D eigenvalue weighted by molar-refractivity contribution is 0.0952. The summed E-state index contributed by atoms with van der Waals surface area (Å²) < 4.78 is 13.1. The predicted molar refractivity (Wildman–Crippen MR) is 106 cm³/mol. The number of carbonyl (C=O) groups is 1. The predicted octanol–water partition coefficient (Wildman–Crippen LogP) is 4.71. The average Bonchev–Trinajstić information content (AvgIpc) is 2.63. The monoisotopic (exact) mass is 372 g/mol. The van der Waals surface area contributed by atoms with Gasteiger partial charge in [0.2, 0.25) is 0 Å². The summed E-state index contributed by atoms with van der Waals surface area (Å²) in [6.45, 7) is 6.62. The molecule has 0 spiro atoms. The number of carbonyl (C=O) groups excluding carboxylic acids is 1. The molecule has 0 radical (unpaired) electrons. The Hall–Kier alpha value is -2.01. The van der Waals surface area contributed by atoms with Gasteiger partial charge in [0.1, 0.15) is 5.82 Å². The standard InChI is InChI=1S/C21H25FN2OS/c1-15(2)9-10-23-21(25)17-5-8-20-19(13-17)24(11-12-26-20)14-16-3-6-18(22)7-4-16/h3-8,13,15H,9-12,14H2,1-2H3,(H,23,25). The average molecular weight is 373 g/mol. The van der Waals surface area contributed by atoms with Crippen LogP contribution in [-0.2, 0) is 6.54 Å². The zero-order valence-corrected chi connectivity index (χ0v) is 16.1. The van der Waals surface area contributed by atoms with Gasteiger partial charge < -0.3 is 10.2 Å². The van der Waals surface area contributed by atoms with Crippen molar-refractivity contribution in [2.75, 3.05) is 23.7 Å². The summed E-state index contributed by atoms with van der Waals surface area (Å²) in [6, 6.07) is 12.5. The molecule has 5 heteroatoms. The third-order valence-corrected chi connectivity index (χ3v) is 5.52. The molecule has 1 aliphatic rings. The Morgan fingerprint density at radius 1 is 1.23 bits per heavy atom. The summed E-state index contributed by atoms with van der Waals surface area (Å²) in [5.74, 6) is 1.34. The fourth-order valence-corrected chi connectivity index (χ4v) is 4.00. The maximum absolute atomic E-state index is 13.1. The molecule has 138 valence electrons. The molecule has 0 saturated carbocycles. The molecule has 0 aromatic heterocycles. The molecule has 3 rings (SSSR count). The lowest BCUT2D eigenvalue weighted by atomic mass is 10.1. The summed E-state index contributed by atoms with van der Waals surface area (Å²) in [5, 5.41) is 3.00. The van der Waals surface area contributed by atoms with Gasteiger partial charge in [0.25, 0.3) is 5.91 Å². The molecular formula is C21H25FN2OS. The number of nitrogens with zero attached hydrogens (tertiary/aromatic N) is 1. The van der Waals surface area contributed by atoms with Crippen LogP contribution in [0.4, 0.5) is 10.1 Å². The summed E-state index contributed by atoms with van der Waals surface area (Å²) >= 11 is 1.81. The van der Waals surface area contributed by atoms with E-state index in [9.17, 15) is 9.18 Å². The quantitative estimate of drug-likeness (QED) is 0.797. The molecule has 0 fully saturated rings. The van der Waals surface area contributed by atoms with Crippen LogP contribution in [0.3, 0.4) is 0 Å². The van der Waals surface area contributed by atoms with Crippen molar-refractivity contribution < 1.29 is 9.18 Å². The van der Waals surface area contributed by atoms with Gasteiger partial charge in [-0.2, -0.15) is 0 Å². The van der Waals surface area contributed by atoms with Crippen LogP contribution >= 0.6 is 11.8 Å². The minimum absolute atomic E-state index is 0.0224. The summed E-state index contributed by atoms with van der Waals surface area (Å²) in [5.41, 5.74) is 2.84. The van der Waals surface area contributed by atoms with E-state index in [1.54, 1.807) is 0 Å². The van der Waals surface area contributed by atoms with Crippen molar-refractivity contribution in [3.05, 3.63) is 59.4 Å². The van der Waals surface area contributed by atoms with E-state index in [1.807, 2.05) is 42.1 Å². The first-order chi connectivity index (χ1) is 12.5. The van der Waals surface area contributed by atoms with Crippen molar-refractivity contribution >= 4 is 23.4 Å². The highest BCUT2D eigenvalue weighted by molar-refractivity contribution is 7.99. The second kappa shape index (κ2) is 8.58. The highest BCUT2D eigenvalue weighted by atomic mass is 32.2. The smallest absolute Gasteiger partial charge is 0.251 e. The van der Waals surface area contributed by atoms with Gasteiger partial charge in [-0.25, -0.2) is 4.39 Å². The molecule has 0 saturated heterocycles. The van der Waals surface area contributed by atoms with E-state index >= 15 is 0 Å². The molecule has 0 atom stereocenters. The first-order valence-corrected chi connectivity index (χ1v) is 10.1. The second-order valence-electron chi connectivity index (χ2n) is 7.02. The van der Waals surface area contributed by atoms with Gasteiger partial charge in [0.05, 0.1) is 5.69 Å². The van der Waals surface area contributed by atoms with Crippen molar-refractivity contribution in [3.8, 4) is 0 Å². The van der Waals surface area contributed by atoms with Gasteiger partial charge in [-0.3, -0.25) is 4.79 Å². The number of thioether (sulfide) groups is 1. The lowest BCUT2D eigenvalue weighted by Gasteiger charge is -2.31. The Balaban J connectivity index is 1.74. The van der Waals surface area contributed by atoms with Crippen LogP contribution in [0.25, 0.3) is 0 Å². The zero-order valence-electron chi connectivity index (χ0n) is 15.3.